The topological polar surface area (TPSA) is 64.1 Å². The average molecular weight is 255 g/mol. The number of esters is 1. The molecule has 0 amide bonds. The van der Waals surface area contributed by atoms with Gasteiger partial charge in [-0.25, -0.2) is 9.97 Å². The van der Waals surface area contributed by atoms with Crippen LogP contribution in [0.25, 0.3) is 0 Å². The molecule has 0 aromatic carbocycles. The summed E-state index contributed by atoms with van der Waals surface area (Å²) >= 11 is 1.51. The third-order valence-electron chi connectivity index (χ3n) is 2.08. The fourth-order valence-electron chi connectivity index (χ4n) is 1.20. The van der Waals surface area contributed by atoms with Crippen LogP contribution in [0.4, 0.5) is 0 Å². The predicted molar refractivity (Wildman–Crippen MR) is 66.9 cm³/mol. The number of rotatable bonds is 7. The fourth-order valence-corrected chi connectivity index (χ4v) is 2.07. The summed E-state index contributed by atoms with van der Waals surface area (Å²) in [5.74, 6) is 0.365. The van der Waals surface area contributed by atoms with Crippen LogP contribution in [0.1, 0.15) is 13.3 Å². The minimum absolute atomic E-state index is 0.236. The number of aromatic nitrogens is 2. The van der Waals surface area contributed by atoms with Crippen molar-refractivity contribution in [2.24, 2.45) is 0 Å². The maximum Gasteiger partial charge on any atom is 0.323 e. The van der Waals surface area contributed by atoms with Crippen LogP contribution in [0.2, 0.25) is 0 Å². The smallest absolute Gasteiger partial charge is 0.323 e. The van der Waals surface area contributed by atoms with Crippen molar-refractivity contribution in [3.05, 3.63) is 18.6 Å². The molecule has 94 valence electrons. The summed E-state index contributed by atoms with van der Waals surface area (Å²) in [6.07, 6.45) is 4.16. The molecule has 1 atom stereocenters. The summed E-state index contributed by atoms with van der Waals surface area (Å²) in [6, 6.07) is 1.53. The largest absolute Gasteiger partial charge is 0.468 e. The van der Waals surface area contributed by atoms with Crippen molar-refractivity contribution >= 4 is 17.7 Å². The van der Waals surface area contributed by atoms with E-state index < -0.39 is 0 Å². The number of carbonyl (C=O) groups excluding carboxylic acids is 1. The van der Waals surface area contributed by atoms with Crippen molar-refractivity contribution in [2.45, 2.75) is 24.4 Å². The van der Waals surface area contributed by atoms with Crippen LogP contribution in [0, 0.1) is 0 Å². The molecule has 6 heteroatoms. The fraction of sp³-hybridized carbons (Fsp3) is 0.545. The SMILES string of the molecule is CCCNC(CSc1ccncn1)C(=O)OC. The van der Waals surface area contributed by atoms with E-state index in [1.165, 1.54) is 25.2 Å². The van der Waals surface area contributed by atoms with Crippen molar-refractivity contribution in [1.29, 1.82) is 0 Å². The first kappa shape index (κ1) is 13.9. The van der Waals surface area contributed by atoms with E-state index in [0.717, 1.165) is 18.0 Å². The molecule has 0 aliphatic heterocycles. The second-order valence-electron chi connectivity index (χ2n) is 3.39. The number of thioether (sulfide) groups is 1. The van der Waals surface area contributed by atoms with Gasteiger partial charge < -0.3 is 10.1 Å². The van der Waals surface area contributed by atoms with E-state index in [0.29, 0.717) is 5.75 Å². The Hall–Kier alpha value is -1.14. The second kappa shape index (κ2) is 8.03. The molecule has 1 aromatic rings. The first-order valence-electron chi connectivity index (χ1n) is 5.48. The van der Waals surface area contributed by atoms with Crippen LogP contribution >= 0.6 is 11.8 Å². The summed E-state index contributed by atoms with van der Waals surface area (Å²) in [6.45, 7) is 2.85. The van der Waals surface area contributed by atoms with E-state index in [4.69, 9.17) is 4.74 Å². The molecule has 0 saturated carbocycles. The highest BCUT2D eigenvalue weighted by molar-refractivity contribution is 7.99. The standard InChI is InChI=1S/C11H17N3O2S/c1-3-5-13-9(11(15)16-2)7-17-10-4-6-12-8-14-10/h4,6,8-9,13H,3,5,7H2,1-2H3. The molecule has 1 aromatic heterocycles. The van der Waals surface area contributed by atoms with Gasteiger partial charge in [-0.05, 0) is 19.0 Å². The van der Waals surface area contributed by atoms with E-state index in [2.05, 4.69) is 22.2 Å². The van der Waals surface area contributed by atoms with Crippen molar-refractivity contribution in [3.8, 4) is 0 Å². The molecule has 1 unspecified atom stereocenters. The molecule has 1 heterocycles. The number of ether oxygens (including phenoxy) is 1. The lowest BCUT2D eigenvalue weighted by Crippen LogP contribution is -2.40. The molecular weight excluding hydrogens is 238 g/mol. The second-order valence-corrected chi connectivity index (χ2v) is 4.43. The third kappa shape index (κ3) is 5.14. The van der Waals surface area contributed by atoms with Gasteiger partial charge in [0.05, 0.1) is 12.1 Å². The molecule has 0 spiro atoms. The monoisotopic (exact) mass is 255 g/mol. The van der Waals surface area contributed by atoms with Crippen LogP contribution in [-0.4, -0.2) is 41.4 Å². The zero-order chi connectivity index (χ0) is 12.5. The zero-order valence-corrected chi connectivity index (χ0v) is 10.9. The molecule has 0 saturated heterocycles. The lowest BCUT2D eigenvalue weighted by molar-refractivity contribution is -0.142. The molecule has 0 radical (unpaired) electrons. The molecule has 1 rings (SSSR count). The Labute approximate surface area is 105 Å². The molecule has 1 N–H and O–H groups in total. The van der Waals surface area contributed by atoms with Gasteiger partial charge >= 0.3 is 5.97 Å². The van der Waals surface area contributed by atoms with Gasteiger partial charge in [-0.1, -0.05) is 6.92 Å². The highest BCUT2D eigenvalue weighted by Crippen LogP contribution is 2.14. The third-order valence-corrected chi connectivity index (χ3v) is 3.12. The summed E-state index contributed by atoms with van der Waals surface area (Å²) < 4.78 is 4.75. The van der Waals surface area contributed by atoms with Crippen molar-refractivity contribution < 1.29 is 9.53 Å². The Balaban J connectivity index is 2.46. The van der Waals surface area contributed by atoms with Crippen LogP contribution in [0.3, 0.4) is 0 Å². The van der Waals surface area contributed by atoms with Crippen LogP contribution in [0.5, 0.6) is 0 Å². The van der Waals surface area contributed by atoms with Crippen LogP contribution in [0.15, 0.2) is 23.6 Å². The number of methoxy groups -OCH3 is 1. The molecule has 0 bridgehead atoms. The normalized spacial score (nSPS) is 12.1. The van der Waals surface area contributed by atoms with E-state index in [-0.39, 0.29) is 12.0 Å². The lowest BCUT2D eigenvalue weighted by atomic mass is 10.3. The number of nitrogens with one attached hydrogen (secondary N) is 1. The van der Waals surface area contributed by atoms with Crippen LogP contribution in [-0.2, 0) is 9.53 Å². The van der Waals surface area contributed by atoms with Gasteiger partial charge in [-0.2, -0.15) is 0 Å². The first-order valence-corrected chi connectivity index (χ1v) is 6.46. The van der Waals surface area contributed by atoms with Gasteiger partial charge in [0.1, 0.15) is 12.4 Å². The lowest BCUT2D eigenvalue weighted by Gasteiger charge is -2.15. The molecule has 0 aliphatic carbocycles. The van der Waals surface area contributed by atoms with Gasteiger partial charge in [0.2, 0.25) is 0 Å². The Morgan fingerprint density at radius 3 is 3.06 bits per heavy atom. The predicted octanol–water partition coefficient (Wildman–Crippen LogP) is 1.11. The van der Waals surface area contributed by atoms with Gasteiger partial charge in [-0.15, -0.1) is 11.8 Å². The number of carbonyl (C=O) groups is 1. The number of hydrogen-bond acceptors (Lipinski definition) is 6. The molecule has 17 heavy (non-hydrogen) atoms. The summed E-state index contributed by atoms with van der Waals surface area (Å²) in [5, 5.41) is 4.01. The van der Waals surface area contributed by atoms with E-state index in [1.54, 1.807) is 6.20 Å². The highest BCUT2D eigenvalue weighted by Gasteiger charge is 2.18. The zero-order valence-electron chi connectivity index (χ0n) is 10.0. The van der Waals surface area contributed by atoms with E-state index >= 15 is 0 Å². The van der Waals surface area contributed by atoms with Gasteiger partial charge in [-0.3, -0.25) is 4.79 Å². The Bertz CT molecular complexity index is 335. The first-order chi connectivity index (χ1) is 8.27. The Morgan fingerprint density at radius 1 is 1.65 bits per heavy atom. The van der Waals surface area contributed by atoms with Gasteiger partial charge in [0.25, 0.3) is 0 Å². The number of nitrogens with zero attached hydrogens (tertiary/aromatic N) is 2. The molecule has 0 aliphatic rings. The van der Waals surface area contributed by atoms with Crippen molar-refractivity contribution in [2.75, 3.05) is 19.4 Å². The summed E-state index contributed by atoms with van der Waals surface area (Å²) in [5.41, 5.74) is 0. The molecular formula is C11H17N3O2S. The summed E-state index contributed by atoms with van der Waals surface area (Å²) in [4.78, 5) is 19.4. The Kier molecular flexibility index (Phi) is 6.57. The molecule has 5 nitrogen and oxygen atoms in total. The van der Waals surface area contributed by atoms with Crippen molar-refractivity contribution in [3.63, 3.8) is 0 Å². The average Bonchev–Trinajstić information content (AvgIpc) is 2.39. The Morgan fingerprint density at radius 2 is 2.47 bits per heavy atom. The van der Waals surface area contributed by atoms with Gasteiger partial charge in [0.15, 0.2) is 0 Å². The highest BCUT2D eigenvalue weighted by atomic mass is 32.2. The van der Waals surface area contributed by atoms with Crippen LogP contribution < -0.4 is 5.32 Å². The van der Waals surface area contributed by atoms with Crippen molar-refractivity contribution in [1.82, 2.24) is 15.3 Å². The summed E-state index contributed by atoms with van der Waals surface area (Å²) in [7, 11) is 1.40. The van der Waals surface area contributed by atoms with E-state index in [1.807, 2.05) is 6.07 Å². The maximum absolute atomic E-state index is 11.5. The maximum atomic E-state index is 11.5. The number of hydrogen-bond donors (Lipinski definition) is 1. The van der Waals surface area contributed by atoms with E-state index in [9.17, 15) is 4.79 Å². The van der Waals surface area contributed by atoms with Gasteiger partial charge in [0, 0.05) is 11.9 Å². The molecule has 0 fully saturated rings. The minimum atomic E-state index is -0.292. The minimum Gasteiger partial charge on any atom is -0.468 e. The quantitative estimate of drug-likeness (QED) is 0.447.